The zero-order valence-corrected chi connectivity index (χ0v) is 14.6. The van der Waals surface area contributed by atoms with Gasteiger partial charge in [0.1, 0.15) is 11.6 Å². The van der Waals surface area contributed by atoms with Gasteiger partial charge in [-0.1, -0.05) is 24.3 Å². The number of aromatic nitrogens is 2. The summed E-state index contributed by atoms with van der Waals surface area (Å²) in [6.45, 7) is 0. The molecule has 2 heterocycles. The van der Waals surface area contributed by atoms with Crippen molar-refractivity contribution in [2.75, 3.05) is 12.8 Å². The Bertz CT molecular complexity index is 1040. The largest absolute Gasteiger partial charge is 0.496 e. The normalized spacial score (nSPS) is 15.8. The third-order valence-corrected chi connectivity index (χ3v) is 4.62. The van der Waals surface area contributed by atoms with Gasteiger partial charge in [0.2, 0.25) is 5.95 Å². The van der Waals surface area contributed by atoms with Crippen LogP contribution < -0.4 is 15.8 Å². The predicted molar refractivity (Wildman–Crippen MR) is 98.7 cm³/mol. The van der Waals surface area contributed by atoms with Crippen molar-refractivity contribution in [2.45, 2.75) is 12.5 Å². The average molecular weight is 364 g/mol. The van der Waals surface area contributed by atoms with Crippen molar-refractivity contribution < 1.29 is 13.9 Å². The number of anilines is 1. The van der Waals surface area contributed by atoms with Gasteiger partial charge in [0.05, 0.1) is 24.4 Å². The van der Waals surface area contributed by atoms with Crippen molar-refractivity contribution in [3.63, 3.8) is 0 Å². The van der Waals surface area contributed by atoms with Crippen molar-refractivity contribution in [1.29, 1.82) is 0 Å². The first-order valence-corrected chi connectivity index (χ1v) is 8.42. The Hall–Kier alpha value is -3.48. The summed E-state index contributed by atoms with van der Waals surface area (Å²) < 4.78 is 19.5. The van der Waals surface area contributed by atoms with E-state index in [0.717, 1.165) is 11.1 Å². The van der Waals surface area contributed by atoms with Crippen LogP contribution >= 0.6 is 0 Å². The first-order chi connectivity index (χ1) is 13.1. The van der Waals surface area contributed by atoms with Crippen molar-refractivity contribution in [3.8, 4) is 16.9 Å². The van der Waals surface area contributed by atoms with E-state index >= 15 is 0 Å². The average Bonchev–Trinajstić information content (AvgIpc) is 2.67. The van der Waals surface area contributed by atoms with E-state index in [4.69, 9.17) is 10.5 Å². The van der Waals surface area contributed by atoms with E-state index < -0.39 is 0 Å². The van der Waals surface area contributed by atoms with Gasteiger partial charge in [-0.05, 0) is 29.3 Å². The van der Waals surface area contributed by atoms with Gasteiger partial charge in [-0.25, -0.2) is 14.4 Å². The highest BCUT2D eigenvalue weighted by atomic mass is 19.1. The Morgan fingerprint density at radius 1 is 1.19 bits per heavy atom. The molecule has 0 fully saturated rings. The number of carbonyl (C=O) groups is 1. The Kier molecular flexibility index (Phi) is 4.19. The Morgan fingerprint density at radius 2 is 2.00 bits per heavy atom. The highest BCUT2D eigenvalue weighted by molar-refractivity contribution is 5.96. The molecule has 6 nitrogen and oxygen atoms in total. The fourth-order valence-electron chi connectivity index (χ4n) is 3.38. The lowest BCUT2D eigenvalue weighted by Crippen LogP contribution is -2.36. The van der Waals surface area contributed by atoms with E-state index in [1.807, 2.05) is 24.3 Å². The third-order valence-electron chi connectivity index (χ3n) is 4.62. The summed E-state index contributed by atoms with van der Waals surface area (Å²) in [4.78, 5) is 20.6. The number of hydrogen-bond acceptors (Lipinski definition) is 5. The lowest BCUT2D eigenvalue weighted by Gasteiger charge is -2.27. The molecule has 1 aliphatic heterocycles. The first-order valence-electron chi connectivity index (χ1n) is 8.42. The number of para-hydroxylation sites is 1. The molecule has 1 amide bonds. The fraction of sp³-hybridized carbons (Fsp3) is 0.150. The van der Waals surface area contributed by atoms with E-state index in [1.165, 1.54) is 18.3 Å². The maximum atomic E-state index is 14.0. The van der Waals surface area contributed by atoms with Crippen LogP contribution in [0.25, 0.3) is 11.1 Å². The lowest BCUT2D eigenvalue weighted by atomic mass is 9.89. The number of halogens is 1. The molecule has 4 rings (SSSR count). The maximum Gasteiger partial charge on any atom is 0.255 e. The smallest absolute Gasteiger partial charge is 0.255 e. The number of nitrogens with two attached hydrogens (primary N) is 1. The van der Waals surface area contributed by atoms with Gasteiger partial charge in [0.15, 0.2) is 0 Å². The summed E-state index contributed by atoms with van der Waals surface area (Å²) in [5.41, 5.74) is 8.83. The maximum absolute atomic E-state index is 14.0. The summed E-state index contributed by atoms with van der Waals surface area (Å²) in [6.07, 6.45) is 1.86. The number of benzene rings is 2. The minimum atomic E-state index is -0.375. The van der Waals surface area contributed by atoms with E-state index in [9.17, 15) is 9.18 Å². The molecule has 0 saturated carbocycles. The number of nitrogen functional groups attached to an aromatic ring is 1. The lowest BCUT2D eigenvalue weighted by molar-refractivity contribution is 0.0923. The van der Waals surface area contributed by atoms with Crippen LogP contribution in [0.5, 0.6) is 5.75 Å². The monoisotopic (exact) mass is 364 g/mol. The van der Waals surface area contributed by atoms with Crippen LogP contribution in [-0.4, -0.2) is 23.0 Å². The number of rotatable bonds is 3. The van der Waals surface area contributed by atoms with E-state index in [0.29, 0.717) is 29.0 Å². The van der Waals surface area contributed by atoms with Crippen LogP contribution in [0.4, 0.5) is 10.3 Å². The highest BCUT2D eigenvalue weighted by Gasteiger charge is 2.29. The van der Waals surface area contributed by atoms with Crippen molar-refractivity contribution in [1.82, 2.24) is 15.3 Å². The highest BCUT2D eigenvalue weighted by Crippen LogP contribution is 2.37. The molecule has 7 heteroatoms. The van der Waals surface area contributed by atoms with Crippen LogP contribution in [0, 0.1) is 5.82 Å². The molecule has 1 aromatic heterocycles. The van der Waals surface area contributed by atoms with Gasteiger partial charge < -0.3 is 15.8 Å². The molecule has 3 N–H and O–H groups in total. The van der Waals surface area contributed by atoms with Crippen molar-refractivity contribution in [3.05, 3.63) is 71.3 Å². The van der Waals surface area contributed by atoms with Gasteiger partial charge in [-0.2, -0.15) is 0 Å². The van der Waals surface area contributed by atoms with Crippen LogP contribution in [0.3, 0.4) is 0 Å². The molecule has 0 aliphatic carbocycles. The summed E-state index contributed by atoms with van der Waals surface area (Å²) in [7, 11) is 1.57. The van der Waals surface area contributed by atoms with Crippen molar-refractivity contribution in [2.24, 2.45) is 0 Å². The third kappa shape index (κ3) is 3.08. The number of fused-ring (bicyclic) bond motifs is 1. The van der Waals surface area contributed by atoms with Crippen molar-refractivity contribution >= 4 is 11.9 Å². The SMILES string of the molecule is COc1ccccc1-c1cc(F)ccc1[C@H]1Cc2nc(N)ncc2C(=O)N1. The molecule has 3 aromatic rings. The van der Waals surface area contributed by atoms with Crippen LogP contribution in [0.2, 0.25) is 0 Å². The van der Waals surface area contributed by atoms with Gasteiger partial charge in [0, 0.05) is 18.2 Å². The topological polar surface area (TPSA) is 90.1 Å². The second-order valence-electron chi connectivity index (χ2n) is 6.25. The predicted octanol–water partition coefficient (Wildman–Crippen LogP) is 2.90. The standard InChI is InChI=1S/C20H17FN4O2/c1-27-18-5-3-2-4-13(18)14-8-11(21)6-7-12(14)16-9-17-15(19(26)24-16)10-23-20(22)25-17/h2-8,10,16H,9H2,1H3,(H,24,26)(H2,22,23,25)/t16-/m1/s1. The number of hydrogen-bond donors (Lipinski definition) is 2. The number of nitrogens with zero attached hydrogens (tertiary/aromatic N) is 2. The summed E-state index contributed by atoms with van der Waals surface area (Å²) >= 11 is 0. The molecule has 2 aromatic carbocycles. The zero-order chi connectivity index (χ0) is 19.0. The molecule has 1 aliphatic rings. The number of nitrogens with one attached hydrogen (secondary N) is 1. The molecule has 0 unspecified atom stereocenters. The Balaban J connectivity index is 1.83. The number of ether oxygens (including phenoxy) is 1. The Labute approximate surface area is 155 Å². The molecule has 0 radical (unpaired) electrons. The Morgan fingerprint density at radius 3 is 2.81 bits per heavy atom. The van der Waals surface area contributed by atoms with Crippen LogP contribution in [-0.2, 0) is 6.42 Å². The van der Waals surface area contributed by atoms with Gasteiger partial charge in [-0.15, -0.1) is 0 Å². The van der Waals surface area contributed by atoms with E-state index in [1.54, 1.807) is 13.2 Å². The quantitative estimate of drug-likeness (QED) is 0.746. The molecule has 1 atom stereocenters. The van der Waals surface area contributed by atoms with E-state index in [2.05, 4.69) is 15.3 Å². The number of methoxy groups -OCH3 is 1. The van der Waals surface area contributed by atoms with E-state index in [-0.39, 0.29) is 23.7 Å². The molecule has 0 bridgehead atoms. The fourth-order valence-corrected chi connectivity index (χ4v) is 3.38. The molecule has 0 spiro atoms. The molecule has 0 saturated heterocycles. The van der Waals surface area contributed by atoms with Crippen LogP contribution in [0.15, 0.2) is 48.7 Å². The second-order valence-corrected chi connectivity index (χ2v) is 6.25. The zero-order valence-electron chi connectivity index (χ0n) is 14.6. The van der Waals surface area contributed by atoms with Gasteiger partial charge in [0.25, 0.3) is 5.91 Å². The molecular weight excluding hydrogens is 347 g/mol. The first kappa shape index (κ1) is 17.0. The van der Waals surface area contributed by atoms with Gasteiger partial charge in [-0.3, -0.25) is 4.79 Å². The molecule has 136 valence electrons. The minimum absolute atomic E-state index is 0.117. The molecule has 27 heavy (non-hydrogen) atoms. The number of carbonyl (C=O) groups excluding carboxylic acids is 1. The van der Waals surface area contributed by atoms with Crippen LogP contribution in [0.1, 0.15) is 27.7 Å². The second kappa shape index (κ2) is 6.68. The summed E-state index contributed by atoms with van der Waals surface area (Å²) in [5.74, 6) is 0.0926. The summed E-state index contributed by atoms with van der Waals surface area (Å²) in [6, 6.07) is 11.5. The minimum Gasteiger partial charge on any atom is -0.496 e. The molecular formula is C20H17FN4O2. The summed E-state index contributed by atoms with van der Waals surface area (Å²) in [5, 5.41) is 2.95. The number of amides is 1. The van der Waals surface area contributed by atoms with Gasteiger partial charge >= 0.3 is 0 Å².